The smallest absolute Gasteiger partial charge is 0.0894 e. The number of hydrogen-bond donors (Lipinski definition) is 0. The normalized spacial score (nSPS) is 10.4. The Hall–Kier alpha value is -1.37. The van der Waals surface area contributed by atoms with Crippen molar-refractivity contribution in [3.05, 3.63) is 42.1 Å². The first-order valence-corrected chi connectivity index (χ1v) is 4.16. The van der Waals surface area contributed by atoms with Crippen molar-refractivity contribution in [1.29, 1.82) is 0 Å². The summed E-state index contributed by atoms with van der Waals surface area (Å²) >= 11 is 0. The molecule has 1 nitrogen and oxygen atoms in total. The average Bonchev–Trinajstić information content (AvgIpc) is 2.17. The molecular formula is C11H10N. The van der Waals surface area contributed by atoms with Crippen LogP contribution in [0, 0.1) is 6.20 Å². The first-order valence-electron chi connectivity index (χ1n) is 4.16. The summed E-state index contributed by atoms with van der Waals surface area (Å²) in [6, 6.07) is 10.1. The van der Waals surface area contributed by atoms with Gasteiger partial charge in [-0.3, -0.25) is 0 Å². The molecule has 1 radical (unpaired) electrons. The number of benzene rings is 1. The topological polar surface area (TPSA) is 12.9 Å². The van der Waals surface area contributed by atoms with Crippen molar-refractivity contribution in [3.63, 3.8) is 0 Å². The first kappa shape index (κ1) is 7.29. The van der Waals surface area contributed by atoms with Gasteiger partial charge in [0.15, 0.2) is 0 Å². The molecular weight excluding hydrogens is 146 g/mol. The van der Waals surface area contributed by atoms with E-state index in [1.165, 1.54) is 10.9 Å². The van der Waals surface area contributed by atoms with Crippen molar-refractivity contribution in [2.75, 3.05) is 0 Å². The van der Waals surface area contributed by atoms with E-state index in [1.807, 2.05) is 18.2 Å². The minimum atomic E-state index is 1.04. The summed E-state index contributed by atoms with van der Waals surface area (Å²) in [5.41, 5.74) is 2.39. The van der Waals surface area contributed by atoms with Gasteiger partial charge in [-0.05, 0) is 24.1 Å². The zero-order valence-electron chi connectivity index (χ0n) is 7.04. The Morgan fingerprint density at radius 2 is 2.25 bits per heavy atom. The molecule has 0 bridgehead atoms. The minimum Gasteiger partial charge on any atom is -0.246 e. The largest absolute Gasteiger partial charge is 0.246 e. The Morgan fingerprint density at radius 1 is 1.33 bits per heavy atom. The van der Waals surface area contributed by atoms with Crippen LogP contribution < -0.4 is 0 Å². The number of pyridine rings is 1. The maximum Gasteiger partial charge on any atom is 0.0894 e. The van der Waals surface area contributed by atoms with Gasteiger partial charge in [0.1, 0.15) is 0 Å². The Balaban J connectivity index is 2.79. The molecule has 2 rings (SSSR count). The highest BCUT2D eigenvalue weighted by Crippen LogP contribution is 2.15. The van der Waals surface area contributed by atoms with Gasteiger partial charge in [-0.25, -0.2) is 4.98 Å². The zero-order chi connectivity index (χ0) is 8.39. The van der Waals surface area contributed by atoms with E-state index in [4.69, 9.17) is 0 Å². The van der Waals surface area contributed by atoms with E-state index in [0.717, 1.165) is 11.9 Å². The Kier molecular flexibility index (Phi) is 1.78. The molecule has 59 valence electrons. The van der Waals surface area contributed by atoms with E-state index >= 15 is 0 Å². The maximum atomic E-state index is 4.16. The van der Waals surface area contributed by atoms with Gasteiger partial charge in [0.2, 0.25) is 0 Å². The number of fused-ring (bicyclic) bond motifs is 1. The quantitative estimate of drug-likeness (QED) is 0.618. The summed E-state index contributed by atoms with van der Waals surface area (Å²) in [7, 11) is 0. The van der Waals surface area contributed by atoms with Crippen LogP contribution in [0.5, 0.6) is 0 Å². The van der Waals surface area contributed by atoms with Crippen molar-refractivity contribution in [1.82, 2.24) is 4.98 Å². The van der Waals surface area contributed by atoms with Crippen molar-refractivity contribution in [2.24, 2.45) is 0 Å². The highest BCUT2D eigenvalue weighted by molar-refractivity contribution is 5.81. The molecule has 1 heterocycles. The average molecular weight is 156 g/mol. The monoisotopic (exact) mass is 156 g/mol. The molecule has 0 aliphatic rings. The van der Waals surface area contributed by atoms with Crippen LogP contribution in [0.15, 0.2) is 30.3 Å². The number of aromatic nitrogens is 1. The molecule has 0 atom stereocenters. The van der Waals surface area contributed by atoms with E-state index < -0.39 is 0 Å². The van der Waals surface area contributed by atoms with Crippen LogP contribution in [0.25, 0.3) is 10.9 Å². The summed E-state index contributed by atoms with van der Waals surface area (Å²) in [5.74, 6) is 0. The molecule has 2 aromatic rings. The molecule has 0 N–H and O–H groups in total. The van der Waals surface area contributed by atoms with Gasteiger partial charge >= 0.3 is 0 Å². The van der Waals surface area contributed by atoms with E-state index in [9.17, 15) is 0 Å². The molecule has 1 aromatic carbocycles. The van der Waals surface area contributed by atoms with Crippen LogP contribution in [-0.2, 0) is 6.42 Å². The van der Waals surface area contributed by atoms with Crippen LogP contribution in [0.1, 0.15) is 12.5 Å². The summed E-state index contributed by atoms with van der Waals surface area (Å²) in [6.07, 6.45) is 3.90. The third-order valence-electron chi connectivity index (χ3n) is 2.06. The highest BCUT2D eigenvalue weighted by Gasteiger charge is 1.96. The molecule has 0 fully saturated rings. The zero-order valence-corrected chi connectivity index (χ0v) is 7.04. The summed E-state index contributed by atoms with van der Waals surface area (Å²) in [4.78, 5) is 4.16. The molecule has 0 amide bonds. The van der Waals surface area contributed by atoms with Crippen molar-refractivity contribution in [2.45, 2.75) is 13.3 Å². The molecule has 0 unspecified atom stereocenters. The number of nitrogens with zero attached hydrogens (tertiary/aromatic N) is 1. The van der Waals surface area contributed by atoms with Gasteiger partial charge in [0, 0.05) is 5.39 Å². The fourth-order valence-corrected chi connectivity index (χ4v) is 1.43. The molecule has 1 heteroatoms. The lowest BCUT2D eigenvalue weighted by Gasteiger charge is -2.01. The highest BCUT2D eigenvalue weighted by atomic mass is 14.6. The fourth-order valence-electron chi connectivity index (χ4n) is 1.43. The molecule has 0 aliphatic carbocycles. The Labute approximate surface area is 72.1 Å². The van der Waals surface area contributed by atoms with Crippen LogP contribution in [0.3, 0.4) is 0 Å². The Bertz CT molecular complexity index is 388. The molecule has 0 spiro atoms. The number of rotatable bonds is 1. The van der Waals surface area contributed by atoms with Gasteiger partial charge in [-0.15, -0.1) is 0 Å². The second-order valence-corrected chi connectivity index (χ2v) is 2.78. The van der Waals surface area contributed by atoms with Crippen LogP contribution in [0.2, 0.25) is 0 Å². The van der Waals surface area contributed by atoms with Gasteiger partial charge in [-0.2, -0.15) is 0 Å². The fraction of sp³-hybridized carbons (Fsp3) is 0.182. The van der Waals surface area contributed by atoms with E-state index in [-0.39, 0.29) is 0 Å². The maximum absolute atomic E-state index is 4.16. The molecule has 12 heavy (non-hydrogen) atoms. The van der Waals surface area contributed by atoms with Gasteiger partial charge in [0.05, 0.1) is 11.7 Å². The SMILES string of the molecule is CCc1cccc2n[c]ccc12. The summed E-state index contributed by atoms with van der Waals surface area (Å²) in [6.45, 7) is 2.16. The molecule has 1 aromatic heterocycles. The van der Waals surface area contributed by atoms with Crippen LogP contribution in [0.4, 0.5) is 0 Å². The third kappa shape index (κ3) is 1.07. The summed E-state index contributed by atoms with van der Waals surface area (Å²) < 4.78 is 0. The molecule has 0 aliphatic heterocycles. The van der Waals surface area contributed by atoms with Crippen LogP contribution >= 0.6 is 0 Å². The first-order chi connectivity index (χ1) is 5.92. The minimum absolute atomic E-state index is 1.04. The Morgan fingerprint density at radius 3 is 3.08 bits per heavy atom. The molecule has 0 saturated carbocycles. The predicted octanol–water partition coefficient (Wildman–Crippen LogP) is 2.60. The second-order valence-electron chi connectivity index (χ2n) is 2.78. The molecule has 0 saturated heterocycles. The number of aryl methyl sites for hydroxylation is 1. The van der Waals surface area contributed by atoms with Gasteiger partial charge in [0.25, 0.3) is 0 Å². The lowest BCUT2D eigenvalue weighted by molar-refractivity contribution is 1.16. The van der Waals surface area contributed by atoms with Gasteiger partial charge < -0.3 is 0 Å². The van der Waals surface area contributed by atoms with Crippen LogP contribution in [-0.4, -0.2) is 4.98 Å². The van der Waals surface area contributed by atoms with Crippen molar-refractivity contribution < 1.29 is 0 Å². The lowest BCUT2D eigenvalue weighted by atomic mass is 10.1. The lowest BCUT2D eigenvalue weighted by Crippen LogP contribution is -1.84. The third-order valence-corrected chi connectivity index (χ3v) is 2.06. The van der Waals surface area contributed by atoms with Crippen molar-refractivity contribution in [3.8, 4) is 0 Å². The van der Waals surface area contributed by atoms with E-state index in [0.29, 0.717) is 0 Å². The second kappa shape index (κ2) is 2.94. The predicted molar refractivity (Wildman–Crippen MR) is 50.0 cm³/mol. The number of hydrogen-bond acceptors (Lipinski definition) is 1. The van der Waals surface area contributed by atoms with Gasteiger partial charge in [-0.1, -0.05) is 25.1 Å². The standard InChI is InChI=1S/C11H10N/c1-2-9-5-3-7-11-10(9)6-4-8-12-11/h3-7H,2H2,1H3. The van der Waals surface area contributed by atoms with E-state index in [2.05, 4.69) is 30.2 Å². The summed E-state index contributed by atoms with van der Waals surface area (Å²) in [5, 5.41) is 1.25. The van der Waals surface area contributed by atoms with E-state index in [1.54, 1.807) is 0 Å². The van der Waals surface area contributed by atoms with Crippen molar-refractivity contribution >= 4 is 10.9 Å².